The van der Waals surface area contributed by atoms with Gasteiger partial charge in [0.25, 0.3) is 0 Å². The Labute approximate surface area is 102 Å². The van der Waals surface area contributed by atoms with E-state index in [-0.39, 0.29) is 5.75 Å². The number of hydrogen-bond acceptors (Lipinski definition) is 3. The number of anilines is 1. The van der Waals surface area contributed by atoms with Crippen molar-refractivity contribution in [2.75, 3.05) is 12.4 Å². The Morgan fingerprint density at radius 2 is 1.71 bits per heavy atom. The molecule has 3 heteroatoms. The highest BCUT2D eigenvalue weighted by Crippen LogP contribution is 2.21. The maximum Gasteiger partial charge on any atom is 0.115 e. The Balaban J connectivity index is 0.000000686. The molecule has 0 amide bonds. The van der Waals surface area contributed by atoms with Gasteiger partial charge in [-0.15, -0.1) is 0 Å². The van der Waals surface area contributed by atoms with Crippen LogP contribution in [0, 0.1) is 0 Å². The second-order valence-electron chi connectivity index (χ2n) is 3.23. The van der Waals surface area contributed by atoms with Gasteiger partial charge in [-0.3, -0.25) is 4.98 Å². The fourth-order valence-corrected chi connectivity index (χ4v) is 1.38. The van der Waals surface area contributed by atoms with E-state index >= 15 is 0 Å². The lowest BCUT2D eigenvalue weighted by molar-refractivity contribution is 0.475. The molecule has 2 rings (SSSR count). The first-order valence-electron chi connectivity index (χ1n) is 5.73. The van der Waals surface area contributed by atoms with Crippen molar-refractivity contribution in [3.05, 3.63) is 42.6 Å². The van der Waals surface area contributed by atoms with Gasteiger partial charge >= 0.3 is 0 Å². The number of phenolic OH excluding ortho intramolecular Hbond substituents is 1. The smallest absolute Gasteiger partial charge is 0.115 e. The number of aromatic hydroxyl groups is 1. The molecular formula is C14H18N2O. The second-order valence-corrected chi connectivity index (χ2v) is 3.23. The molecule has 0 fully saturated rings. The highest BCUT2D eigenvalue weighted by Gasteiger charge is 1.99. The standard InChI is InChI=1S/C12H12N2O.C2H6/c1-13-10-6-7-14-12(8-10)9-2-4-11(15)5-3-9;1-2/h2-8,15H,1H3,(H,13,14);1-2H3. The molecule has 0 unspecified atom stereocenters. The Kier molecular flexibility index (Phi) is 5.01. The predicted molar refractivity (Wildman–Crippen MR) is 72.2 cm³/mol. The molecule has 1 heterocycles. The van der Waals surface area contributed by atoms with Gasteiger partial charge in [0, 0.05) is 24.5 Å². The van der Waals surface area contributed by atoms with Gasteiger partial charge in [0.05, 0.1) is 5.69 Å². The van der Waals surface area contributed by atoms with E-state index in [9.17, 15) is 5.11 Å². The van der Waals surface area contributed by atoms with Crippen LogP contribution in [0.1, 0.15) is 13.8 Å². The third-order valence-corrected chi connectivity index (χ3v) is 2.21. The Hall–Kier alpha value is -2.03. The topological polar surface area (TPSA) is 45.2 Å². The van der Waals surface area contributed by atoms with Crippen molar-refractivity contribution in [3.63, 3.8) is 0 Å². The number of aromatic nitrogens is 1. The molecule has 2 aromatic rings. The van der Waals surface area contributed by atoms with Crippen LogP contribution in [-0.4, -0.2) is 17.1 Å². The molecule has 0 saturated heterocycles. The third kappa shape index (κ3) is 3.48. The normalized spacial score (nSPS) is 9.12. The van der Waals surface area contributed by atoms with E-state index in [4.69, 9.17) is 0 Å². The molecule has 1 aromatic heterocycles. The number of pyridine rings is 1. The van der Waals surface area contributed by atoms with Gasteiger partial charge in [-0.25, -0.2) is 0 Å². The molecule has 0 aliphatic rings. The molecule has 0 atom stereocenters. The van der Waals surface area contributed by atoms with Crippen molar-refractivity contribution in [3.8, 4) is 17.0 Å². The summed E-state index contributed by atoms with van der Waals surface area (Å²) in [5.74, 6) is 0.267. The van der Waals surface area contributed by atoms with Crippen LogP contribution in [0.3, 0.4) is 0 Å². The molecular weight excluding hydrogens is 212 g/mol. The zero-order valence-corrected chi connectivity index (χ0v) is 10.4. The van der Waals surface area contributed by atoms with Crippen LogP contribution in [-0.2, 0) is 0 Å². The summed E-state index contributed by atoms with van der Waals surface area (Å²) < 4.78 is 0. The van der Waals surface area contributed by atoms with Gasteiger partial charge in [0.1, 0.15) is 5.75 Å². The minimum atomic E-state index is 0.267. The summed E-state index contributed by atoms with van der Waals surface area (Å²) >= 11 is 0. The quantitative estimate of drug-likeness (QED) is 0.829. The number of nitrogens with one attached hydrogen (secondary N) is 1. The molecule has 2 N–H and O–H groups in total. The lowest BCUT2D eigenvalue weighted by Crippen LogP contribution is -1.90. The molecule has 0 aliphatic carbocycles. The zero-order valence-electron chi connectivity index (χ0n) is 10.4. The first kappa shape index (κ1) is 13.0. The van der Waals surface area contributed by atoms with E-state index in [1.54, 1.807) is 18.3 Å². The molecule has 17 heavy (non-hydrogen) atoms. The lowest BCUT2D eigenvalue weighted by atomic mass is 10.1. The third-order valence-electron chi connectivity index (χ3n) is 2.21. The summed E-state index contributed by atoms with van der Waals surface area (Å²) in [6.45, 7) is 4.00. The minimum absolute atomic E-state index is 0.267. The predicted octanol–water partition coefficient (Wildman–Crippen LogP) is 3.52. The van der Waals surface area contributed by atoms with Crippen molar-refractivity contribution in [2.45, 2.75) is 13.8 Å². The summed E-state index contributed by atoms with van der Waals surface area (Å²) in [4.78, 5) is 4.27. The highest BCUT2D eigenvalue weighted by atomic mass is 16.3. The zero-order chi connectivity index (χ0) is 12.7. The number of hydrogen-bond donors (Lipinski definition) is 2. The monoisotopic (exact) mass is 230 g/mol. The second kappa shape index (κ2) is 6.53. The van der Waals surface area contributed by atoms with Gasteiger partial charge in [-0.05, 0) is 36.4 Å². The van der Waals surface area contributed by atoms with Crippen molar-refractivity contribution in [1.29, 1.82) is 0 Å². The van der Waals surface area contributed by atoms with Crippen molar-refractivity contribution < 1.29 is 5.11 Å². The van der Waals surface area contributed by atoms with Crippen LogP contribution in [0.5, 0.6) is 5.75 Å². The molecule has 0 radical (unpaired) electrons. The maximum absolute atomic E-state index is 9.17. The van der Waals surface area contributed by atoms with Crippen LogP contribution in [0.2, 0.25) is 0 Å². The van der Waals surface area contributed by atoms with Crippen LogP contribution < -0.4 is 5.32 Å². The molecule has 0 spiro atoms. The average molecular weight is 230 g/mol. The first-order valence-corrected chi connectivity index (χ1v) is 5.73. The first-order chi connectivity index (χ1) is 8.29. The van der Waals surface area contributed by atoms with E-state index in [2.05, 4.69) is 10.3 Å². The largest absolute Gasteiger partial charge is 0.508 e. The molecule has 0 bridgehead atoms. The Morgan fingerprint density at radius 3 is 2.29 bits per heavy atom. The van der Waals surface area contributed by atoms with Crippen LogP contribution in [0.25, 0.3) is 11.3 Å². The summed E-state index contributed by atoms with van der Waals surface area (Å²) in [7, 11) is 1.87. The van der Waals surface area contributed by atoms with Gasteiger partial charge in [-0.1, -0.05) is 13.8 Å². The lowest BCUT2D eigenvalue weighted by Gasteiger charge is -2.03. The van der Waals surface area contributed by atoms with E-state index in [1.165, 1.54) is 0 Å². The molecule has 1 aromatic carbocycles. The SMILES string of the molecule is CC.CNc1ccnc(-c2ccc(O)cc2)c1. The number of benzene rings is 1. The highest BCUT2D eigenvalue weighted by molar-refractivity contribution is 5.64. The van der Waals surface area contributed by atoms with Gasteiger partial charge < -0.3 is 10.4 Å². The fraction of sp³-hybridized carbons (Fsp3) is 0.214. The van der Waals surface area contributed by atoms with Gasteiger partial charge in [0.15, 0.2) is 0 Å². The molecule has 90 valence electrons. The average Bonchev–Trinajstić information content (AvgIpc) is 2.42. The van der Waals surface area contributed by atoms with E-state index in [0.717, 1.165) is 16.9 Å². The van der Waals surface area contributed by atoms with Gasteiger partial charge in [-0.2, -0.15) is 0 Å². The van der Waals surface area contributed by atoms with Crippen molar-refractivity contribution in [2.24, 2.45) is 0 Å². The van der Waals surface area contributed by atoms with E-state index < -0.39 is 0 Å². The minimum Gasteiger partial charge on any atom is -0.508 e. The van der Waals surface area contributed by atoms with E-state index in [0.29, 0.717) is 0 Å². The van der Waals surface area contributed by atoms with Gasteiger partial charge in [0.2, 0.25) is 0 Å². The molecule has 0 saturated carbocycles. The number of rotatable bonds is 2. The number of nitrogens with zero attached hydrogens (tertiary/aromatic N) is 1. The number of phenols is 1. The van der Waals surface area contributed by atoms with Crippen LogP contribution in [0.4, 0.5) is 5.69 Å². The van der Waals surface area contributed by atoms with Crippen molar-refractivity contribution in [1.82, 2.24) is 4.98 Å². The molecule has 0 aliphatic heterocycles. The summed E-state index contributed by atoms with van der Waals surface area (Å²) in [6.07, 6.45) is 1.76. The molecule has 3 nitrogen and oxygen atoms in total. The van der Waals surface area contributed by atoms with Crippen molar-refractivity contribution >= 4 is 5.69 Å². The summed E-state index contributed by atoms with van der Waals surface area (Å²) in [6, 6.07) is 10.9. The van der Waals surface area contributed by atoms with Crippen LogP contribution >= 0.6 is 0 Å². The Morgan fingerprint density at radius 1 is 1.06 bits per heavy atom. The fourth-order valence-electron chi connectivity index (χ4n) is 1.38. The summed E-state index contributed by atoms with van der Waals surface area (Å²) in [5.41, 5.74) is 2.90. The Bertz CT molecular complexity index is 452. The maximum atomic E-state index is 9.17. The van der Waals surface area contributed by atoms with E-state index in [1.807, 2.05) is 45.2 Å². The van der Waals surface area contributed by atoms with Crippen LogP contribution in [0.15, 0.2) is 42.6 Å². The summed E-state index contributed by atoms with van der Waals surface area (Å²) in [5, 5.41) is 12.2.